The van der Waals surface area contributed by atoms with Gasteiger partial charge in [-0.25, -0.2) is 0 Å². The van der Waals surface area contributed by atoms with Crippen LogP contribution < -0.4 is 10.6 Å². The molecule has 0 fully saturated rings. The number of ether oxygens (including phenoxy) is 1. The molecular weight excluding hydrogens is 282 g/mol. The highest BCUT2D eigenvalue weighted by Crippen LogP contribution is 2.17. The van der Waals surface area contributed by atoms with E-state index in [-0.39, 0.29) is 11.9 Å². The zero-order chi connectivity index (χ0) is 15.9. The average Bonchev–Trinajstić information content (AvgIpc) is 2.91. The molecule has 1 aromatic carbocycles. The molecule has 0 saturated carbocycles. The van der Waals surface area contributed by atoms with Gasteiger partial charge in [-0.1, -0.05) is 35.5 Å². The molecule has 0 aliphatic heterocycles. The van der Waals surface area contributed by atoms with Crippen molar-refractivity contribution in [3.05, 3.63) is 47.7 Å². The summed E-state index contributed by atoms with van der Waals surface area (Å²) in [5.74, 6) is 0.861. The van der Waals surface area contributed by atoms with Gasteiger partial charge in [0.1, 0.15) is 11.8 Å². The largest absolute Gasteiger partial charge is 0.383 e. The highest BCUT2D eigenvalue weighted by Gasteiger charge is 2.23. The molecule has 0 aliphatic carbocycles. The second-order valence-corrected chi connectivity index (χ2v) is 5.18. The molecule has 1 heterocycles. The smallest absolute Gasteiger partial charge is 0.247 e. The van der Waals surface area contributed by atoms with Gasteiger partial charge in [0, 0.05) is 19.2 Å². The molecule has 22 heavy (non-hydrogen) atoms. The summed E-state index contributed by atoms with van der Waals surface area (Å²) in [6, 6.07) is 10.7. The molecule has 2 atom stereocenters. The summed E-state index contributed by atoms with van der Waals surface area (Å²) in [5, 5.41) is 9.82. The van der Waals surface area contributed by atoms with Crippen molar-refractivity contribution in [3.63, 3.8) is 0 Å². The molecule has 0 unspecified atom stereocenters. The predicted molar refractivity (Wildman–Crippen MR) is 83.5 cm³/mol. The topological polar surface area (TPSA) is 76.4 Å². The average molecular weight is 303 g/mol. The standard InChI is InChI=1S/C16H21N3O3/c1-11(10-21-3)17-15(13-7-5-4-6-8-13)16(20)18-14-9-12(2)22-19-14/h4-9,11,15,17H,10H2,1-3H3,(H,18,19,20)/t11-,15-/m0/s1. The van der Waals surface area contributed by atoms with E-state index < -0.39 is 6.04 Å². The van der Waals surface area contributed by atoms with Crippen molar-refractivity contribution in [2.75, 3.05) is 19.0 Å². The van der Waals surface area contributed by atoms with E-state index in [1.165, 1.54) is 0 Å². The number of rotatable bonds is 7. The van der Waals surface area contributed by atoms with E-state index >= 15 is 0 Å². The van der Waals surface area contributed by atoms with Crippen molar-refractivity contribution < 1.29 is 14.1 Å². The van der Waals surface area contributed by atoms with Crippen LogP contribution in [0.3, 0.4) is 0 Å². The molecule has 0 bridgehead atoms. The normalized spacial score (nSPS) is 13.6. The number of anilines is 1. The van der Waals surface area contributed by atoms with Crippen LogP contribution in [-0.2, 0) is 9.53 Å². The zero-order valence-electron chi connectivity index (χ0n) is 13.0. The monoisotopic (exact) mass is 303 g/mol. The SMILES string of the molecule is COC[C@H](C)N[C@H](C(=O)Nc1cc(C)on1)c1ccccc1. The number of aryl methyl sites for hydroxylation is 1. The summed E-state index contributed by atoms with van der Waals surface area (Å²) in [5.41, 5.74) is 0.878. The summed E-state index contributed by atoms with van der Waals surface area (Å²) in [7, 11) is 1.63. The van der Waals surface area contributed by atoms with Gasteiger partial charge in [0.25, 0.3) is 0 Å². The van der Waals surface area contributed by atoms with Gasteiger partial charge >= 0.3 is 0 Å². The third-order valence-corrected chi connectivity index (χ3v) is 3.14. The number of amides is 1. The van der Waals surface area contributed by atoms with Crippen molar-refractivity contribution in [2.45, 2.75) is 25.9 Å². The number of carbonyl (C=O) groups is 1. The van der Waals surface area contributed by atoms with Crippen molar-refractivity contribution in [1.82, 2.24) is 10.5 Å². The van der Waals surface area contributed by atoms with Crippen LogP contribution in [0, 0.1) is 6.92 Å². The van der Waals surface area contributed by atoms with Crippen LogP contribution in [0.5, 0.6) is 0 Å². The minimum atomic E-state index is -0.497. The number of hydrogen-bond acceptors (Lipinski definition) is 5. The Bertz CT molecular complexity index is 598. The van der Waals surface area contributed by atoms with Crippen LogP contribution in [0.4, 0.5) is 5.82 Å². The number of methoxy groups -OCH3 is 1. The minimum absolute atomic E-state index is 0.0278. The van der Waals surface area contributed by atoms with E-state index in [1.807, 2.05) is 37.3 Å². The summed E-state index contributed by atoms with van der Waals surface area (Å²) in [4.78, 5) is 12.6. The first-order chi connectivity index (χ1) is 10.6. The van der Waals surface area contributed by atoms with E-state index in [9.17, 15) is 4.79 Å². The molecule has 0 spiro atoms. The van der Waals surface area contributed by atoms with Gasteiger partial charge in [-0.3, -0.25) is 10.1 Å². The lowest BCUT2D eigenvalue weighted by Gasteiger charge is -2.22. The Morgan fingerprint density at radius 3 is 2.68 bits per heavy atom. The summed E-state index contributed by atoms with van der Waals surface area (Å²) < 4.78 is 10.1. The Kier molecular flexibility index (Phi) is 5.68. The van der Waals surface area contributed by atoms with Gasteiger partial charge in [-0.15, -0.1) is 0 Å². The Morgan fingerprint density at radius 2 is 2.09 bits per heavy atom. The highest BCUT2D eigenvalue weighted by atomic mass is 16.5. The minimum Gasteiger partial charge on any atom is -0.383 e. The van der Waals surface area contributed by atoms with Crippen molar-refractivity contribution >= 4 is 11.7 Å². The summed E-state index contributed by atoms with van der Waals surface area (Å²) >= 11 is 0. The summed E-state index contributed by atoms with van der Waals surface area (Å²) in [6.45, 7) is 4.25. The van der Waals surface area contributed by atoms with Crippen LogP contribution in [0.1, 0.15) is 24.3 Å². The molecule has 2 rings (SSSR count). The van der Waals surface area contributed by atoms with Gasteiger partial charge in [0.05, 0.1) is 6.61 Å². The van der Waals surface area contributed by atoms with E-state index in [0.29, 0.717) is 18.2 Å². The maximum Gasteiger partial charge on any atom is 0.247 e. The highest BCUT2D eigenvalue weighted by molar-refractivity contribution is 5.94. The van der Waals surface area contributed by atoms with Gasteiger partial charge < -0.3 is 14.6 Å². The second kappa shape index (κ2) is 7.72. The van der Waals surface area contributed by atoms with Crippen LogP contribution in [0.2, 0.25) is 0 Å². The molecule has 118 valence electrons. The predicted octanol–water partition coefficient (Wildman–Crippen LogP) is 2.29. The first-order valence-corrected chi connectivity index (χ1v) is 7.14. The Hall–Kier alpha value is -2.18. The Balaban J connectivity index is 2.14. The molecular formula is C16H21N3O3. The lowest BCUT2D eigenvalue weighted by atomic mass is 10.1. The van der Waals surface area contributed by atoms with E-state index in [0.717, 1.165) is 5.56 Å². The van der Waals surface area contributed by atoms with Crippen LogP contribution in [0.25, 0.3) is 0 Å². The van der Waals surface area contributed by atoms with E-state index in [4.69, 9.17) is 9.26 Å². The Labute approximate surface area is 129 Å². The third kappa shape index (κ3) is 4.41. The fourth-order valence-electron chi connectivity index (χ4n) is 2.18. The molecule has 2 aromatic rings. The van der Waals surface area contributed by atoms with E-state index in [2.05, 4.69) is 15.8 Å². The van der Waals surface area contributed by atoms with Gasteiger partial charge in [-0.05, 0) is 19.4 Å². The number of hydrogen-bond donors (Lipinski definition) is 2. The molecule has 0 aliphatic rings. The van der Waals surface area contributed by atoms with Crippen LogP contribution in [-0.4, -0.2) is 30.8 Å². The maximum atomic E-state index is 12.6. The van der Waals surface area contributed by atoms with Crippen molar-refractivity contribution in [1.29, 1.82) is 0 Å². The quantitative estimate of drug-likeness (QED) is 0.820. The van der Waals surface area contributed by atoms with Crippen molar-refractivity contribution in [3.8, 4) is 0 Å². The molecule has 1 amide bonds. The zero-order valence-corrected chi connectivity index (χ0v) is 13.0. The molecule has 6 heteroatoms. The maximum absolute atomic E-state index is 12.6. The van der Waals surface area contributed by atoms with Gasteiger partial charge in [-0.2, -0.15) is 0 Å². The fourth-order valence-corrected chi connectivity index (χ4v) is 2.18. The van der Waals surface area contributed by atoms with E-state index in [1.54, 1.807) is 20.1 Å². The molecule has 0 saturated heterocycles. The molecule has 1 aromatic heterocycles. The third-order valence-electron chi connectivity index (χ3n) is 3.14. The lowest BCUT2D eigenvalue weighted by molar-refractivity contribution is -0.118. The number of nitrogens with one attached hydrogen (secondary N) is 2. The lowest BCUT2D eigenvalue weighted by Crippen LogP contribution is -2.40. The Morgan fingerprint density at radius 1 is 1.36 bits per heavy atom. The fraction of sp³-hybridized carbons (Fsp3) is 0.375. The molecule has 2 N–H and O–H groups in total. The molecule has 0 radical (unpaired) electrons. The number of aromatic nitrogens is 1. The molecule has 6 nitrogen and oxygen atoms in total. The summed E-state index contributed by atoms with van der Waals surface area (Å²) in [6.07, 6.45) is 0. The van der Waals surface area contributed by atoms with Gasteiger partial charge in [0.2, 0.25) is 5.91 Å². The van der Waals surface area contributed by atoms with Crippen molar-refractivity contribution in [2.24, 2.45) is 0 Å². The number of nitrogens with zero attached hydrogens (tertiary/aromatic N) is 1. The number of benzene rings is 1. The first kappa shape index (κ1) is 16.2. The second-order valence-electron chi connectivity index (χ2n) is 5.18. The number of carbonyl (C=O) groups excluding carboxylic acids is 1. The van der Waals surface area contributed by atoms with Crippen LogP contribution >= 0.6 is 0 Å². The first-order valence-electron chi connectivity index (χ1n) is 7.14. The van der Waals surface area contributed by atoms with Crippen LogP contribution in [0.15, 0.2) is 40.9 Å². The van der Waals surface area contributed by atoms with Gasteiger partial charge in [0.15, 0.2) is 5.82 Å².